The van der Waals surface area contributed by atoms with Gasteiger partial charge in [-0.1, -0.05) is 16.9 Å². The number of nitrogens with zero attached hydrogens (tertiary/aromatic N) is 4. The van der Waals surface area contributed by atoms with Crippen LogP contribution in [0, 0.1) is 0 Å². The van der Waals surface area contributed by atoms with Crippen molar-refractivity contribution in [2.24, 2.45) is 5.16 Å². The van der Waals surface area contributed by atoms with Gasteiger partial charge in [0, 0.05) is 42.0 Å². The number of phenolic OH excluding ortho intramolecular Hbond substituents is 2. The molecule has 0 radical (unpaired) electrons. The zero-order valence-corrected chi connectivity index (χ0v) is 24.2. The molecule has 2 saturated heterocycles. The number of thiazole rings is 1. The standard InChI is InChI=1S/C24H22N8O8S3/c25-23-27-11(7-42-23)15(31-40-14-1-2-26-18(14)35)19(36)30-16-20(37)32-17(22(38)39)8(5-41-21(16)32)6-43-24-28-9-3-12(33)13(34)4-10(9)29-24/h3-4,7,14,16,21,33-34H,1-2,5-6H2,(H2,25,27)(H,26,35)(H,28,29)(H,30,36)(H,38,39)/t14?,16-,21-/m1/s1. The Kier molecular flexibility index (Phi) is 7.52. The van der Waals surface area contributed by atoms with Crippen LogP contribution in [0.1, 0.15) is 12.1 Å². The number of aromatic amines is 1. The van der Waals surface area contributed by atoms with Gasteiger partial charge in [-0.3, -0.25) is 19.3 Å². The van der Waals surface area contributed by atoms with Crippen LogP contribution in [0.5, 0.6) is 11.5 Å². The molecule has 2 fully saturated rings. The fourth-order valence-electron chi connectivity index (χ4n) is 4.63. The molecular weight excluding hydrogens is 625 g/mol. The van der Waals surface area contributed by atoms with Crippen molar-refractivity contribution in [3.8, 4) is 11.5 Å². The number of carbonyl (C=O) groups excluding carboxylic acids is 3. The maximum atomic E-state index is 13.3. The molecule has 2 aromatic heterocycles. The number of anilines is 1. The molecule has 3 aliphatic heterocycles. The normalized spacial score (nSPS) is 21.9. The zero-order chi connectivity index (χ0) is 30.4. The SMILES string of the molecule is Nc1nc(C(=NOC2CCNC2=O)C(=O)N[C@@H]2C(=O)N3C(C(=O)O)=C(CSc4nc5cc(O)c(O)cc5[nH]4)CS[C@H]23)cs1. The first-order chi connectivity index (χ1) is 20.6. The monoisotopic (exact) mass is 646 g/mol. The highest BCUT2D eigenvalue weighted by Gasteiger charge is 2.54. The summed E-state index contributed by atoms with van der Waals surface area (Å²) in [6, 6.07) is 1.58. The van der Waals surface area contributed by atoms with Crippen molar-refractivity contribution < 1.29 is 39.3 Å². The Morgan fingerprint density at radius 3 is 2.74 bits per heavy atom. The Morgan fingerprint density at radius 1 is 1.26 bits per heavy atom. The lowest BCUT2D eigenvalue weighted by atomic mass is 10.0. The van der Waals surface area contributed by atoms with Crippen LogP contribution in [0.3, 0.4) is 0 Å². The van der Waals surface area contributed by atoms with E-state index in [2.05, 4.69) is 30.7 Å². The number of benzene rings is 1. The Morgan fingerprint density at radius 2 is 2.05 bits per heavy atom. The predicted octanol–water partition coefficient (Wildman–Crippen LogP) is 0.153. The molecule has 16 nitrogen and oxygen atoms in total. The summed E-state index contributed by atoms with van der Waals surface area (Å²) >= 11 is 3.55. The number of imidazole rings is 1. The van der Waals surface area contributed by atoms with Crippen molar-refractivity contribution in [3.05, 3.63) is 34.5 Å². The third-order valence-corrected chi connectivity index (χ3v) is 9.70. The number of carbonyl (C=O) groups is 4. The largest absolute Gasteiger partial charge is 0.504 e. The van der Waals surface area contributed by atoms with E-state index in [1.807, 2.05) is 0 Å². The summed E-state index contributed by atoms with van der Waals surface area (Å²) in [7, 11) is 0. The number of β-lactam (4-membered cyclic amide) rings is 1. The first-order valence-corrected chi connectivity index (χ1v) is 15.5. The maximum absolute atomic E-state index is 13.3. The molecule has 0 saturated carbocycles. The minimum absolute atomic E-state index is 0.0970. The summed E-state index contributed by atoms with van der Waals surface area (Å²) in [5.41, 5.74) is 6.75. The van der Waals surface area contributed by atoms with Crippen molar-refractivity contribution in [2.45, 2.75) is 29.1 Å². The molecule has 43 heavy (non-hydrogen) atoms. The van der Waals surface area contributed by atoms with Gasteiger partial charge >= 0.3 is 5.97 Å². The van der Waals surface area contributed by atoms with Gasteiger partial charge in [-0.15, -0.1) is 23.1 Å². The molecule has 3 aromatic rings. The lowest BCUT2D eigenvalue weighted by Gasteiger charge is -2.49. The Labute approximate surface area is 253 Å². The molecule has 0 spiro atoms. The van der Waals surface area contributed by atoms with Crippen LogP contribution < -0.4 is 16.4 Å². The number of nitrogens with one attached hydrogen (secondary N) is 3. The molecule has 3 aliphatic rings. The number of hydrogen-bond donors (Lipinski definition) is 7. The number of carboxylic acid groups (broad SMARTS) is 1. The van der Waals surface area contributed by atoms with Crippen LogP contribution in [0.4, 0.5) is 5.13 Å². The molecule has 19 heteroatoms. The Bertz CT molecular complexity index is 1700. The Balaban J connectivity index is 1.17. The van der Waals surface area contributed by atoms with Crippen molar-refractivity contribution in [1.29, 1.82) is 0 Å². The highest BCUT2D eigenvalue weighted by Crippen LogP contribution is 2.42. The molecule has 224 valence electrons. The fraction of sp³-hybridized carbons (Fsp3) is 0.292. The van der Waals surface area contributed by atoms with Gasteiger partial charge in [0.1, 0.15) is 22.8 Å². The molecule has 1 aromatic carbocycles. The zero-order valence-electron chi connectivity index (χ0n) is 21.8. The van der Waals surface area contributed by atoms with Crippen LogP contribution in [0.15, 0.2) is 39.1 Å². The van der Waals surface area contributed by atoms with Crippen LogP contribution in [-0.2, 0) is 24.0 Å². The molecule has 8 N–H and O–H groups in total. The Hall–Kier alpha value is -4.49. The van der Waals surface area contributed by atoms with Crippen LogP contribution in [0.25, 0.3) is 11.0 Å². The topological polar surface area (TPSA) is 245 Å². The second kappa shape index (κ2) is 11.3. The first-order valence-electron chi connectivity index (χ1n) is 12.6. The van der Waals surface area contributed by atoms with Crippen LogP contribution >= 0.6 is 34.9 Å². The number of hydrogen-bond acceptors (Lipinski definition) is 14. The van der Waals surface area contributed by atoms with Gasteiger partial charge in [-0.25, -0.2) is 14.8 Å². The summed E-state index contributed by atoms with van der Waals surface area (Å²) in [5, 5.41) is 39.9. The van der Waals surface area contributed by atoms with E-state index in [4.69, 9.17) is 10.6 Å². The van der Waals surface area contributed by atoms with Crippen molar-refractivity contribution >= 4 is 80.4 Å². The number of aliphatic carboxylic acids is 1. The van der Waals surface area contributed by atoms with Crippen LogP contribution in [-0.4, -0.2) is 100 Å². The van der Waals surface area contributed by atoms with Gasteiger partial charge < -0.3 is 41.5 Å². The number of aromatic nitrogens is 3. The summed E-state index contributed by atoms with van der Waals surface area (Å²) < 4.78 is 0. The number of aromatic hydroxyl groups is 2. The minimum Gasteiger partial charge on any atom is -0.504 e. The molecule has 0 aliphatic carbocycles. The lowest BCUT2D eigenvalue weighted by Crippen LogP contribution is -2.71. The predicted molar refractivity (Wildman–Crippen MR) is 155 cm³/mol. The quantitative estimate of drug-likeness (QED) is 0.0539. The highest BCUT2D eigenvalue weighted by atomic mass is 32.2. The average molecular weight is 647 g/mol. The molecule has 1 unspecified atom stereocenters. The average Bonchev–Trinajstić information content (AvgIpc) is 3.70. The number of oxime groups is 1. The number of nitrogens with two attached hydrogens (primary N) is 1. The summed E-state index contributed by atoms with van der Waals surface area (Å²) in [6.07, 6.45) is -0.522. The second-order valence-corrected chi connectivity index (χ2v) is 12.5. The van der Waals surface area contributed by atoms with E-state index in [0.29, 0.717) is 34.7 Å². The number of phenols is 2. The van der Waals surface area contributed by atoms with E-state index in [1.165, 1.54) is 41.0 Å². The summed E-state index contributed by atoms with van der Waals surface area (Å²) in [4.78, 5) is 68.4. The molecule has 6 rings (SSSR count). The van der Waals surface area contributed by atoms with E-state index in [9.17, 15) is 34.5 Å². The van der Waals surface area contributed by atoms with Gasteiger partial charge in [0.25, 0.3) is 17.7 Å². The van der Waals surface area contributed by atoms with Crippen molar-refractivity contribution in [3.63, 3.8) is 0 Å². The molecule has 5 heterocycles. The van der Waals surface area contributed by atoms with Gasteiger partial charge in [0.2, 0.25) is 6.10 Å². The number of nitrogen functional groups attached to an aromatic ring is 1. The fourth-order valence-corrected chi connectivity index (χ4v) is 7.55. The number of rotatable bonds is 9. The van der Waals surface area contributed by atoms with E-state index in [-0.39, 0.29) is 51.1 Å². The van der Waals surface area contributed by atoms with E-state index >= 15 is 0 Å². The van der Waals surface area contributed by atoms with Gasteiger partial charge in [-0.05, 0) is 5.57 Å². The van der Waals surface area contributed by atoms with Gasteiger partial charge in [0.05, 0.1) is 11.0 Å². The first kappa shape index (κ1) is 28.6. The molecule has 0 bridgehead atoms. The number of amides is 3. The smallest absolute Gasteiger partial charge is 0.352 e. The van der Waals surface area contributed by atoms with E-state index in [1.54, 1.807) is 0 Å². The number of carboxylic acids is 1. The van der Waals surface area contributed by atoms with E-state index < -0.39 is 35.3 Å². The van der Waals surface area contributed by atoms with Crippen LogP contribution in [0.2, 0.25) is 0 Å². The van der Waals surface area contributed by atoms with Crippen molar-refractivity contribution in [2.75, 3.05) is 23.8 Å². The van der Waals surface area contributed by atoms with E-state index in [0.717, 1.165) is 16.2 Å². The van der Waals surface area contributed by atoms with Gasteiger partial charge in [0.15, 0.2) is 27.5 Å². The van der Waals surface area contributed by atoms with Gasteiger partial charge in [-0.2, -0.15) is 0 Å². The summed E-state index contributed by atoms with van der Waals surface area (Å²) in [5.74, 6) is -3.25. The number of thioether (sulfide) groups is 2. The number of H-pyrrole nitrogens is 1. The third kappa shape index (κ3) is 5.41. The summed E-state index contributed by atoms with van der Waals surface area (Å²) in [6.45, 7) is 0.406. The minimum atomic E-state index is -1.29. The number of fused-ring (bicyclic) bond motifs is 2. The third-order valence-electron chi connectivity index (χ3n) is 6.73. The lowest BCUT2D eigenvalue weighted by molar-refractivity contribution is -0.150. The molecule has 3 amide bonds. The molecular formula is C24H22N8O8S3. The molecule has 3 atom stereocenters. The second-order valence-electron chi connectivity index (χ2n) is 9.49. The van der Waals surface area contributed by atoms with Crippen molar-refractivity contribution in [1.82, 2.24) is 30.5 Å². The highest BCUT2D eigenvalue weighted by molar-refractivity contribution is 8.01. The maximum Gasteiger partial charge on any atom is 0.352 e.